The molecule has 1 fully saturated rings. The molecule has 0 N–H and O–H groups in total. The van der Waals surface area contributed by atoms with E-state index in [4.69, 9.17) is 5.26 Å². The van der Waals surface area contributed by atoms with E-state index in [-0.39, 0.29) is 19.0 Å². The summed E-state index contributed by atoms with van der Waals surface area (Å²) in [6, 6.07) is 16.2. The van der Waals surface area contributed by atoms with Crippen molar-refractivity contribution in [2.45, 2.75) is 12.7 Å². The monoisotopic (exact) mass is 508 g/mol. The summed E-state index contributed by atoms with van der Waals surface area (Å²) in [5.74, 6) is -1.90. The van der Waals surface area contributed by atoms with E-state index in [9.17, 15) is 27.2 Å². The van der Waals surface area contributed by atoms with Crippen LogP contribution >= 0.6 is 0 Å². The zero-order chi connectivity index (χ0) is 26.3. The second kappa shape index (κ2) is 9.24. The van der Waals surface area contributed by atoms with Gasteiger partial charge in [0.25, 0.3) is 11.8 Å². The molecular formula is C27H20F4N4O2. The summed E-state index contributed by atoms with van der Waals surface area (Å²) in [6.45, 7) is 1.44. The summed E-state index contributed by atoms with van der Waals surface area (Å²) in [5.41, 5.74) is 1.58. The van der Waals surface area contributed by atoms with Crippen molar-refractivity contribution in [2.24, 2.45) is 0 Å². The van der Waals surface area contributed by atoms with Crippen molar-refractivity contribution in [3.8, 4) is 6.07 Å². The predicted octanol–water partition coefficient (Wildman–Crippen LogP) is 4.84. The fraction of sp³-hybridized carbons (Fsp3) is 0.222. The Labute approximate surface area is 209 Å². The van der Waals surface area contributed by atoms with E-state index < -0.39 is 29.0 Å². The molecule has 1 saturated heterocycles. The molecule has 3 aromatic carbocycles. The summed E-state index contributed by atoms with van der Waals surface area (Å²) in [6.07, 6.45) is -4.77. The smallest absolute Gasteiger partial charge is 0.368 e. The summed E-state index contributed by atoms with van der Waals surface area (Å²) < 4.78 is 53.7. The Kier molecular flexibility index (Phi) is 6.07. The average Bonchev–Trinajstić information content (AvgIpc) is 3.23. The molecule has 5 rings (SSSR count). The van der Waals surface area contributed by atoms with Crippen LogP contribution in [-0.2, 0) is 12.7 Å². The molecule has 3 aromatic rings. The molecule has 0 atom stereocenters. The Balaban J connectivity index is 1.28. The van der Waals surface area contributed by atoms with E-state index in [0.29, 0.717) is 54.6 Å². The van der Waals surface area contributed by atoms with Crippen molar-refractivity contribution < 1.29 is 27.2 Å². The third-order valence-electron chi connectivity index (χ3n) is 6.65. The zero-order valence-corrected chi connectivity index (χ0v) is 19.4. The van der Waals surface area contributed by atoms with Gasteiger partial charge in [-0.1, -0.05) is 0 Å². The number of benzene rings is 3. The van der Waals surface area contributed by atoms with Crippen LogP contribution in [0.15, 0.2) is 60.7 Å². The lowest BCUT2D eigenvalue weighted by Gasteiger charge is -2.36. The molecule has 0 unspecified atom stereocenters. The standard InChI is InChI=1S/C27H20F4N4O2/c28-19-3-8-24(27(29,30)31)23(14-19)25(36)34-11-9-33(10-12-34)21-6-7-22-18(13-21)16-35(26(22)37)20-4-1-17(15-32)2-5-20/h1-8,13-14H,9-12,16H2. The highest BCUT2D eigenvalue weighted by Gasteiger charge is 2.37. The van der Waals surface area contributed by atoms with Gasteiger partial charge in [-0.05, 0) is 66.2 Å². The first-order valence-corrected chi connectivity index (χ1v) is 11.5. The number of hydrogen-bond donors (Lipinski definition) is 0. The van der Waals surface area contributed by atoms with Crippen molar-refractivity contribution in [1.29, 1.82) is 5.26 Å². The van der Waals surface area contributed by atoms with E-state index in [2.05, 4.69) is 0 Å². The minimum absolute atomic E-state index is 0.141. The number of nitriles is 1. The van der Waals surface area contributed by atoms with E-state index in [1.165, 1.54) is 4.90 Å². The van der Waals surface area contributed by atoms with Crippen LogP contribution in [0.25, 0.3) is 0 Å². The lowest BCUT2D eigenvalue weighted by atomic mass is 10.0. The van der Waals surface area contributed by atoms with Crippen LogP contribution in [0.5, 0.6) is 0 Å². The topological polar surface area (TPSA) is 67.7 Å². The maximum Gasteiger partial charge on any atom is 0.417 e. The second-order valence-electron chi connectivity index (χ2n) is 8.86. The second-order valence-corrected chi connectivity index (χ2v) is 8.86. The first-order chi connectivity index (χ1) is 17.7. The highest BCUT2D eigenvalue weighted by atomic mass is 19.4. The fourth-order valence-electron chi connectivity index (χ4n) is 4.71. The average molecular weight is 508 g/mol. The van der Waals surface area contributed by atoms with E-state index in [1.54, 1.807) is 35.2 Å². The van der Waals surface area contributed by atoms with Gasteiger partial charge < -0.3 is 14.7 Å². The summed E-state index contributed by atoms with van der Waals surface area (Å²) in [7, 11) is 0. The molecule has 0 aliphatic carbocycles. The van der Waals surface area contributed by atoms with Crippen LogP contribution in [0.1, 0.15) is 37.4 Å². The number of rotatable bonds is 3. The Bertz CT molecular complexity index is 1420. The van der Waals surface area contributed by atoms with Gasteiger partial charge in [0.05, 0.1) is 29.3 Å². The number of amides is 2. The fourth-order valence-corrected chi connectivity index (χ4v) is 4.71. The largest absolute Gasteiger partial charge is 0.417 e. The third-order valence-corrected chi connectivity index (χ3v) is 6.65. The van der Waals surface area contributed by atoms with Gasteiger partial charge in [0, 0.05) is 43.1 Å². The van der Waals surface area contributed by atoms with Gasteiger partial charge in [-0.3, -0.25) is 9.59 Å². The SMILES string of the molecule is N#Cc1ccc(N2Cc3cc(N4CCN(C(=O)c5cc(F)ccc5C(F)(F)F)CC4)ccc3C2=O)cc1. The predicted molar refractivity (Wildman–Crippen MR) is 128 cm³/mol. The molecule has 0 bridgehead atoms. The maximum atomic E-state index is 13.7. The maximum absolute atomic E-state index is 13.7. The van der Waals surface area contributed by atoms with E-state index in [1.807, 2.05) is 23.1 Å². The van der Waals surface area contributed by atoms with Gasteiger partial charge in [-0.25, -0.2) is 4.39 Å². The Hall–Kier alpha value is -4.39. The number of piperazine rings is 1. The van der Waals surface area contributed by atoms with Gasteiger partial charge in [0.15, 0.2) is 0 Å². The van der Waals surface area contributed by atoms with Crippen molar-refractivity contribution >= 4 is 23.2 Å². The van der Waals surface area contributed by atoms with Crippen molar-refractivity contribution in [3.63, 3.8) is 0 Å². The quantitative estimate of drug-likeness (QED) is 0.475. The number of fused-ring (bicyclic) bond motifs is 1. The van der Waals surface area contributed by atoms with Gasteiger partial charge in [0.1, 0.15) is 5.82 Å². The normalized spacial score (nSPS) is 15.5. The first kappa shape index (κ1) is 24.3. The van der Waals surface area contributed by atoms with Crippen LogP contribution in [-0.4, -0.2) is 42.9 Å². The minimum Gasteiger partial charge on any atom is -0.368 e. The number of nitrogens with zero attached hydrogens (tertiary/aromatic N) is 4. The van der Waals surface area contributed by atoms with Gasteiger partial charge >= 0.3 is 6.18 Å². The summed E-state index contributed by atoms with van der Waals surface area (Å²) >= 11 is 0. The van der Waals surface area contributed by atoms with Crippen molar-refractivity contribution in [3.05, 3.63) is 94.3 Å². The molecule has 0 radical (unpaired) electrons. The number of anilines is 2. The lowest BCUT2D eigenvalue weighted by molar-refractivity contribution is -0.138. The van der Waals surface area contributed by atoms with Crippen LogP contribution in [0.4, 0.5) is 28.9 Å². The summed E-state index contributed by atoms with van der Waals surface area (Å²) in [4.78, 5) is 30.7. The molecule has 2 aliphatic heterocycles. The molecule has 10 heteroatoms. The van der Waals surface area contributed by atoms with Crippen molar-refractivity contribution in [2.75, 3.05) is 36.0 Å². The van der Waals surface area contributed by atoms with Crippen LogP contribution < -0.4 is 9.80 Å². The van der Waals surface area contributed by atoms with Crippen LogP contribution in [0.3, 0.4) is 0 Å². The lowest BCUT2D eigenvalue weighted by Crippen LogP contribution is -2.49. The molecule has 0 aromatic heterocycles. The molecule has 188 valence electrons. The molecule has 6 nitrogen and oxygen atoms in total. The third kappa shape index (κ3) is 4.60. The van der Waals surface area contributed by atoms with Gasteiger partial charge in [-0.15, -0.1) is 0 Å². The number of alkyl halides is 3. The highest BCUT2D eigenvalue weighted by molar-refractivity contribution is 6.10. The van der Waals surface area contributed by atoms with Crippen molar-refractivity contribution in [1.82, 2.24) is 4.90 Å². The highest BCUT2D eigenvalue weighted by Crippen LogP contribution is 2.34. The number of carbonyl (C=O) groups excluding carboxylic acids is 2. The molecule has 2 aliphatic rings. The number of hydrogen-bond acceptors (Lipinski definition) is 4. The minimum atomic E-state index is -4.77. The van der Waals surface area contributed by atoms with Crippen LogP contribution in [0, 0.1) is 17.1 Å². The molecule has 2 heterocycles. The Morgan fingerprint density at radius 2 is 1.57 bits per heavy atom. The van der Waals surface area contributed by atoms with Crippen LogP contribution in [0.2, 0.25) is 0 Å². The molecule has 0 spiro atoms. The summed E-state index contributed by atoms with van der Waals surface area (Å²) in [5, 5.41) is 8.99. The van der Waals surface area contributed by atoms with E-state index in [0.717, 1.165) is 11.3 Å². The van der Waals surface area contributed by atoms with Gasteiger partial charge in [-0.2, -0.15) is 18.4 Å². The Morgan fingerprint density at radius 3 is 2.22 bits per heavy atom. The van der Waals surface area contributed by atoms with Gasteiger partial charge in [0.2, 0.25) is 0 Å². The first-order valence-electron chi connectivity index (χ1n) is 11.5. The molecule has 0 saturated carbocycles. The Morgan fingerprint density at radius 1 is 0.892 bits per heavy atom. The molecule has 2 amide bonds. The molecular weight excluding hydrogens is 488 g/mol. The zero-order valence-electron chi connectivity index (χ0n) is 19.4. The van der Waals surface area contributed by atoms with E-state index >= 15 is 0 Å². The number of carbonyl (C=O) groups is 2. The number of halogens is 4. The molecule has 37 heavy (non-hydrogen) atoms.